The van der Waals surface area contributed by atoms with Gasteiger partial charge in [-0.05, 0) is 29.7 Å². The minimum absolute atomic E-state index is 0.122. The van der Waals surface area contributed by atoms with Gasteiger partial charge in [0.1, 0.15) is 11.1 Å². The number of hydrogen-bond donors (Lipinski definition) is 0. The topological polar surface area (TPSA) is 50.5 Å². The van der Waals surface area contributed by atoms with Gasteiger partial charge in [-0.3, -0.25) is 4.79 Å². The predicted octanol–water partition coefficient (Wildman–Crippen LogP) is 3.85. The van der Waals surface area contributed by atoms with Gasteiger partial charge in [0.25, 0.3) is 0 Å². The van der Waals surface area contributed by atoms with Crippen molar-refractivity contribution in [1.29, 1.82) is 0 Å². The molecular formula is C19H19NO3. The van der Waals surface area contributed by atoms with Crippen LogP contribution >= 0.6 is 0 Å². The number of carbonyl (C=O) groups is 1. The molecule has 0 spiro atoms. The lowest BCUT2D eigenvalue weighted by Gasteiger charge is -2.13. The van der Waals surface area contributed by atoms with Gasteiger partial charge < -0.3 is 9.32 Å². The first-order valence-electron chi connectivity index (χ1n) is 7.60. The molecule has 1 heterocycles. The molecule has 0 aliphatic carbocycles. The van der Waals surface area contributed by atoms with E-state index in [-0.39, 0.29) is 17.3 Å². The number of rotatable bonds is 3. The molecule has 0 amide bonds. The van der Waals surface area contributed by atoms with Gasteiger partial charge in [0.05, 0.1) is 0 Å². The van der Waals surface area contributed by atoms with Crippen molar-refractivity contribution in [1.82, 2.24) is 0 Å². The average molecular weight is 309 g/mol. The minimum Gasteiger partial charge on any atom is -0.422 e. The normalized spacial score (nSPS) is 11.3. The lowest BCUT2D eigenvalue weighted by Crippen LogP contribution is -2.18. The quantitative estimate of drug-likeness (QED) is 0.419. The highest BCUT2D eigenvalue weighted by Gasteiger charge is 2.17. The first-order chi connectivity index (χ1) is 10.9. The second kappa shape index (κ2) is 5.54. The number of nitrogens with zero attached hydrogens (tertiary/aromatic N) is 1. The molecule has 0 saturated carbocycles. The first-order valence-corrected chi connectivity index (χ1v) is 7.60. The number of benzene rings is 2. The van der Waals surface area contributed by atoms with Crippen LogP contribution in [0.1, 0.15) is 24.2 Å². The Hall–Kier alpha value is -2.62. The number of ketones is 1. The maximum absolute atomic E-state index is 12.2. The van der Waals surface area contributed by atoms with E-state index in [0.29, 0.717) is 5.58 Å². The zero-order chi connectivity index (χ0) is 16.7. The molecule has 0 N–H and O–H groups in total. The molecule has 0 radical (unpaired) electrons. The lowest BCUT2D eigenvalue weighted by atomic mass is 10.00. The van der Waals surface area contributed by atoms with Gasteiger partial charge >= 0.3 is 5.63 Å². The summed E-state index contributed by atoms with van der Waals surface area (Å²) in [5.74, 6) is -0.429. The average Bonchev–Trinajstić information content (AvgIpc) is 2.52. The van der Waals surface area contributed by atoms with Gasteiger partial charge in [0.2, 0.25) is 0 Å². The van der Waals surface area contributed by atoms with Gasteiger partial charge in [-0.25, -0.2) is 4.79 Å². The molecule has 2 aromatic carbocycles. The maximum atomic E-state index is 12.2. The van der Waals surface area contributed by atoms with Gasteiger partial charge in [-0.15, -0.1) is 0 Å². The number of hydrogen-bond acceptors (Lipinski definition) is 4. The Labute approximate surface area is 134 Å². The van der Waals surface area contributed by atoms with Crippen LogP contribution in [0.3, 0.4) is 0 Å². The molecule has 0 aliphatic rings. The number of fused-ring (bicyclic) bond motifs is 3. The van der Waals surface area contributed by atoms with E-state index in [1.807, 2.05) is 49.3 Å². The largest absolute Gasteiger partial charge is 0.422 e. The monoisotopic (exact) mass is 309 g/mol. The maximum Gasteiger partial charge on any atom is 0.347 e. The summed E-state index contributed by atoms with van der Waals surface area (Å²) in [6, 6.07) is 11.5. The van der Waals surface area contributed by atoms with Gasteiger partial charge in [-0.2, -0.15) is 0 Å². The molecule has 4 heteroatoms. The summed E-state index contributed by atoms with van der Waals surface area (Å²) in [5.41, 5.74) is 1.15. The van der Waals surface area contributed by atoms with Crippen LogP contribution in [0.2, 0.25) is 0 Å². The van der Waals surface area contributed by atoms with E-state index in [2.05, 4.69) is 0 Å². The van der Waals surface area contributed by atoms with Crippen molar-refractivity contribution in [3.05, 3.63) is 52.4 Å². The lowest BCUT2D eigenvalue weighted by molar-refractivity contribution is 0.0936. The van der Waals surface area contributed by atoms with Crippen molar-refractivity contribution in [2.45, 2.75) is 13.8 Å². The van der Waals surface area contributed by atoms with E-state index in [9.17, 15) is 9.59 Å². The molecule has 0 aliphatic heterocycles. The van der Waals surface area contributed by atoms with Crippen LogP contribution in [0.25, 0.3) is 21.7 Å². The molecular weight excluding hydrogens is 290 g/mol. The molecule has 23 heavy (non-hydrogen) atoms. The molecule has 4 nitrogen and oxygen atoms in total. The predicted molar refractivity (Wildman–Crippen MR) is 93.5 cm³/mol. The fourth-order valence-corrected chi connectivity index (χ4v) is 2.66. The Kier molecular flexibility index (Phi) is 3.68. The van der Waals surface area contributed by atoms with Crippen LogP contribution in [0, 0.1) is 5.92 Å². The third kappa shape index (κ3) is 2.61. The fraction of sp³-hybridized carbons (Fsp3) is 0.263. The molecule has 3 aromatic rings. The Morgan fingerprint density at radius 3 is 2.39 bits per heavy atom. The minimum atomic E-state index is -0.569. The van der Waals surface area contributed by atoms with Crippen molar-refractivity contribution in [3.63, 3.8) is 0 Å². The van der Waals surface area contributed by atoms with Gasteiger partial charge in [-0.1, -0.05) is 26.0 Å². The standard InChI is InChI=1S/C19H19NO3/c1-11(2)17(21)16-10-13-6-5-12-9-14(20(3)4)7-8-15(12)18(13)23-19(16)22/h5-11H,1-4H3. The van der Waals surface area contributed by atoms with Crippen LogP contribution in [0.15, 0.2) is 45.6 Å². The highest BCUT2D eigenvalue weighted by atomic mass is 16.4. The summed E-state index contributed by atoms with van der Waals surface area (Å²) in [7, 11) is 3.96. The molecule has 1 aromatic heterocycles. The SMILES string of the molecule is CC(C)C(=O)c1cc2ccc3cc(N(C)C)ccc3c2oc1=O. The van der Waals surface area contributed by atoms with E-state index in [0.717, 1.165) is 21.8 Å². The number of carbonyl (C=O) groups excluding carboxylic acids is 1. The summed E-state index contributed by atoms with van der Waals surface area (Å²) in [6.45, 7) is 3.55. The number of Topliss-reactive ketones (excluding diaryl/α,β-unsaturated/α-hetero) is 1. The molecule has 0 saturated heterocycles. The zero-order valence-electron chi connectivity index (χ0n) is 13.7. The van der Waals surface area contributed by atoms with Crippen molar-refractivity contribution in [2.75, 3.05) is 19.0 Å². The molecule has 0 fully saturated rings. The molecule has 0 bridgehead atoms. The highest BCUT2D eigenvalue weighted by molar-refractivity contribution is 6.07. The Bertz CT molecular complexity index is 967. The van der Waals surface area contributed by atoms with Crippen molar-refractivity contribution in [2.24, 2.45) is 5.92 Å². The summed E-state index contributed by atoms with van der Waals surface area (Å²) in [4.78, 5) is 26.3. The summed E-state index contributed by atoms with van der Waals surface area (Å²) in [6.07, 6.45) is 0. The Balaban J connectivity index is 2.28. The Morgan fingerprint density at radius 1 is 1.04 bits per heavy atom. The van der Waals surface area contributed by atoms with Crippen LogP contribution in [0.4, 0.5) is 5.69 Å². The molecule has 0 atom stereocenters. The zero-order valence-corrected chi connectivity index (χ0v) is 13.7. The van der Waals surface area contributed by atoms with Gasteiger partial charge in [0, 0.05) is 36.5 Å². The summed E-state index contributed by atoms with van der Waals surface area (Å²) < 4.78 is 5.49. The van der Waals surface area contributed by atoms with Crippen LogP contribution in [0.5, 0.6) is 0 Å². The van der Waals surface area contributed by atoms with E-state index >= 15 is 0 Å². The smallest absolute Gasteiger partial charge is 0.347 e. The molecule has 118 valence electrons. The van der Waals surface area contributed by atoms with E-state index < -0.39 is 5.63 Å². The summed E-state index contributed by atoms with van der Waals surface area (Å²) in [5, 5.41) is 2.63. The molecule has 0 unspecified atom stereocenters. The van der Waals surface area contributed by atoms with Crippen LogP contribution in [-0.2, 0) is 0 Å². The summed E-state index contributed by atoms with van der Waals surface area (Å²) >= 11 is 0. The van der Waals surface area contributed by atoms with Gasteiger partial charge in [0.15, 0.2) is 5.78 Å². The highest BCUT2D eigenvalue weighted by Crippen LogP contribution is 2.28. The van der Waals surface area contributed by atoms with E-state index in [4.69, 9.17) is 4.42 Å². The Morgan fingerprint density at radius 2 is 1.74 bits per heavy atom. The van der Waals surface area contributed by atoms with E-state index in [1.165, 1.54) is 0 Å². The van der Waals surface area contributed by atoms with Crippen molar-refractivity contribution < 1.29 is 9.21 Å². The molecule has 3 rings (SSSR count). The third-order valence-corrected chi connectivity index (χ3v) is 4.01. The first kappa shape index (κ1) is 15.3. The number of anilines is 1. The third-order valence-electron chi connectivity index (χ3n) is 4.01. The van der Waals surface area contributed by atoms with Crippen LogP contribution in [-0.4, -0.2) is 19.9 Å². The second-order valence-electron chi connectivity index (χ2n) is 6.25. The van der Waals surface area contributed by atoms with Crippen molar-refractivity contribution in [3.8, 4) is 0 Å². The van der Waals surface area contributed by atoms with E-state index in [1.54, 1.807) is 19.9 Å². The fourth-order valence-electron chi connectivity index (χ4n) is 2.66. The van der Waals surface area contributed by atoms with Crippen molar-refractivity contribution >= 4 is 33.2 Å². The van der Waals surface area contributed by atoms with Crippen LogP contribution < -0.4 is 10.5 Å². The second-order valence-corrected chi connectivity index (χ2v) is 6.25.